The lowest BCUT2D eigenvalue weighted by molar-refractivity contribution is 0.0949. The van der Waals surface area contributed by atoms with Gasteiger partial charge in [-0.1, -0.05) is 0 Å². The average Bonchev–Trinajstić information content (AvgIpc) is 3.35. The molecule has 134 valence electrons. The quantitative estimate of drug-likeness (QED) is 0.628. The van der Waals surface area contributed by atoms with Crippen LogP contribution in [0.2, 0.25) is 0 Å². The van der Waals surface area contributed by atoms with Crippen molar-refractivity contribution in [2.45, 2.75) is 19.4 Å². The molecule has 0 atom stereocenters. The lowest BCUT2D eigenvalue weighted by Gasteiger charge is -2.06. The Kier molecular flexibility index (Phi) is 4.12. The number of hydrogen-bond acceptors (Lipinski definition) is 6. The number of carbonyl (C=O) groups excluding carboxylic acids is 1. The van der Waals surface area contributed by atoms with Crippen molar-refractivity contribution in [3.05, 3.63) is 47.7 Å². The molecule has 0 unspecified atom stereocenters. The van der Waals surface area contributed by atoms with Crippen molar-refractivity contribution in [3.8, 4) is 5.75 Å². The number of fused-ring (bicyclic) bond motifs is 1. The molecule has 0 aliphatic heterocycles. The summed E-state index contributed by atoms with van der Waals surface area (Å²) in [6.07, 6.45) is 2.51. The topological polar surface area (TPSA) is 116 Å². The first-order valence-corrected chi connectivity index (χ1v) is 8.54. The van der Waals surface area contributed by atoms with Crippen LogP contribution in [0, 0.1) is 5.92 Å². The molecule has 1 saturated carbocycles. The number of aromatic nitrogens is 1. The van der Waals surface area contributed by atoms with Gasteiger partial charge >= 0.3 is 0 Å². The molecule has 1 aliphatic rings. The number of nitrogens with two attached hydrogens (primary N) is 2. The average molecular weight is 352 g/mol. The van der Waals surface area contributed by atoms with Gasteiger partial charge in [-0.3, -0.25) is 4.79 Å². The van der Waals surface area contributed by atoms with Crippen LogP contribution in [0.1, 0.15) is 29.0 Å². The molecule has 0 saturated heterocycles. The third-order valence-electron chi connectivity index (χ3n) is 4.34. The number of nitrogen functional groups attached to an aromatic ring is 2. The summed E-state index contributed by atoms with van der Waals surface area (Å²) < 4.78 is 11.5. The third kappa shape index (κ3) is 3.56. The van der Waals surface area contributed by atoms with Gasteiger partial charge in [-0.05, 0) is 55.2 Å². The van der Waals surface area contributed by atoms with E-state index in [4.69, 9.17) is 20.6 Å². The molecular formula is C19H20N4O3. The first-order valence-electron chi connectivity index (χ1n) is 8.54. The van der Waals surface area contributed by atoms with Crippen LogP contribution < -0.4 is 21.5 Å². The zero-order valence-electron chi connectivity index (χ0n) is 14.2. The van der Waals surface area contributed by atoms with E-state index in [1.807, 2.05) is 24.3 Å². The number of rotatable bonds is 6. The van der Waals surface area contributed by atoms with Gasteiger partial charge in [0.15, 0.2) is 0 Å². The smallest absolute Gasteiger partial charge is 0.255 e. The fourth-order valence-corrected chi connectivity index (χ4v) is 2.70. The second kappa shape index (κ2) is 6.59. The molecule has 7 nitrogen and oxygen atoms in total. The molecule has 1 aliphatic carbocycles. The van der Waals surface area contributed by atoms with E-state index in [-0.39, 0.29) is 29.7 Å². The summed E-state index contributed by atoms with van der Waals surface area (Å²) in [5, 5.41) is 3.72. The van der Waals surface area contributed by atoms with Gasteiger partial charge in [0.25, 0.3) is 5.91 Å². The molecule has 0 radical (unpaired) electrons. The van der Waals surface area contributed by atoms with Crippen molar-refractivity contribution in [2.24, 2.45) is 5.92 Å². The van der Waals surface area contributed by atoms with E-state index < -0.39 is 0 Å². The third-order valence-corrected chi connectivity index (χ3v) is 4.34. The van der Waals surface area contributed by atoms with Gasteiger partial charge in [-0.25, -0.2) is 4.98 Å². The number of amides is 1. The molecule has 3 aromatic rings. The summed E-state index contributed by atoms with van der Waals surface area (Å²) in [5.74, 6) is 2.23. The largest absolute Gasteiger partial charge is 0.493 e. The predicted octanol–water partition coefficient (Wildman–Crippen LogP) is 2.71. The molecule has 2 aromatic heterocycles. The summed E-state index contributed by atoms with van der Waals surface area (Å²) in [5.41, 5.74) is 12.3. The van der Waals surface area contributed by atoms with Gasteiger partial charge in [0.1, 0.15) is 28.7 Å². The number of hydrogen-bond donors (Lipinski definition) is 3. The van der Waals surface area contributed by atoms with E-state index in [1.54, 1.807) is 6.07 Å². The summed E-state index contributed by atoms with van der Waals surface area (Å²) >= 11 is 0. The number of nitrogens with one attached hydrogen (secondary N) is 1. The lowest BCUT2D eigenvalue weighted by atomic mass is 10.2. The molecule has 1 fully saturated rings. The minimum Gasteiger partial charge on any atom is -0.493 e. The van der Waals surface area contributed by atoms with Gasteiger partial charge in [0.05, 0.1) is 18.7 Å². The standard InChI is InChI=1S/C19H20N4O3/c20-17-6-4-15(18(21)23-17)19(24)22-9-14-8-12-7-13(3-5-16(12)26-14)25-10-11-1-2-11/h3-8,11H,1-2,9-10H2,(H,22,24)(H4,20,21,23). The lowest BCUT2D eigenvalue weighted by Crippen LogP contribution is -2.24. The first-order chi connectivity index (χ1) is 12.6. The van der Waals surface area contributed by atoms with E-state index in [0.29, 0.717) is 11.7 Å². The van der Waals surface area contributed by atoms with Crippen LogP contribution in [-0.2, 0) is 6.54 Å². The first kappa shape index (κ1) is 16.3. The Morgan fingerprint density at radius 3 is 2.85 bits per heavy atom. The summed E-state index contributed by atoms with van der Waals surface area (Å²) in [6, 6.07) is 10.7. The number of furan rings is 1. The molecule has 7 heteroatoms. The van der Waals surface area contributed by atoms with Crippen LogP contribution in [0.15, 0.2) is 40.8 Å². The fraction of sp³-hybridized carbons (Fsp3) is 0.263. The van der Waals surface area contributed by atoms with Crippen LogP contribution in [0.3, 0.4) is 0 Å². The van der Waals surface area contributed by atoms with Gasteiger partial charge < -0.3 is 25.9 Å². The maximum Gasteiger partial charge on any atom is 0.255 e. The molecule has 26 heavy (non-hydrogen) atoms. The predicted molar refractivity (Wildman–Crippen MR) is 98.7 cm³/mol. The summed E-state index contributed by atoms with van der Waals surface area (Å²) in [6.45, 7) is 1.01. The molecule has 0 bridgehead atoms. The second-order valence-corrected chi connectivity index (χ2v) is 6.52. The number of benzene rings is 1. The fourth-order valence-electron chi connectivity index (χ4n) is 2.70. The van der Waals surface area contributed by atoms with E-state index >= 15 is 0 Å². The maximum atomic E-state index is 12.2. The zero-order chi connectivity index (χ0) is 18.1. The van der Waals surface area contributed by atoms with Gasteiger partial charge in [-0.15, -0.1) is 0 Å². The monoisotopic (exact) mass is 352 g/mol. The van der Waals surface area contributed by atoms with E-state index in [0.717, 1.165) is 23.3 Å². The SMILES string of the molecule is Nc1ccc(C(=O)NCc2cc3cc(OCC4CC4)ccc3o2)c(N)n1. The minimum atomic E-state index is -0.330. The summed E-state index contributed by atoms with van der Waals surface area (Å²) in [7, 11) is 0. The number of ether oxygens (including phenoxy) is 1. The summed E-state index contributed by atoms with van der Waals surface area (Å²) in [4.78, 5) is 16.1. The van der Waals surface area contributed by atoms with Gasteiger partial charge in [0.2, 0.25) is 0 Å². The maximum absolute atomic E-state index is 12.2. The van der Waals surface area contributed by atoms with Crippen molar-refractivity contribution in [1.82, 2.24) is 10.3 Å². The second-order valence-electron chi connectivity index (χ2n) is 6.52. The normalized spacial score (nSPS) is 13.7. The van der Waals surface area contributed by atoms with Crippen molar-refractivity contribution in [1.29, 1.82) is 0 Å². The zero-order valence-corrected chi connectivity index (χ0v) is 14.2. The Bertz CT molecular complexity index is 963. The minimum absolute atomic E-state index is 0.101. The van der Waals surface area contributed by atoms with Crippen LogP contribution in [0.4, 0.5) is 11.6 Å². The molecule has 5 N–H and O–H groups in total. The van der Waals surface area contributed by atoms with Crippen LogP contribution in [0.25, 0.3) is 11.0 Å². The van der Waals surface area contributed by atoms with Crippen molar-refractivity contribution >= 4 is 28.5 Å². The molecule has 0 spiro atoms. The van der Waals surface area contributed by atoms with E-state index in [1.165, 1.54) is 18.9 Å². The van der Waals surface area contributed by atoms with E-state index in [9.17, 15) is 4.79 Å². The number of anilines is 2. The molecular weight excluding hydrogens is 332 g/mol. The van der Waals surface area contributed by atoms with Crippen LogP contribution in [-0.4, -0.2) is 17.5 Å². The van der Waals surface area contributed by atoms with Crippen LogP contribution >= 0.6 is 0 Å². The van der Waals surface area contributed by atoms with Crippen molar-refractivity contribution in [3.63, 3.8) is 0 Å². The Morgan fingerprint density at radius 1 is 1.23 bits per heavy atom. The number of pyridine rings is 1. The molecule has 1 amide bonds. The Balaban J connectivity index is 1.42. The highest BCUT2D eigenvalue weighted by atomic mass is 16.5. The molecule has 2 heterocycles. The van der Waals surface area contributed by atoms with E-state index in [2.05, 4.69) is 10.3 Å². The molecule has 1 aromatic carbocycles. The molecule has 4 rings (SSSR count). The van der Waals surface area contributed by atoms with Crippen LogP contribution in [0.5, 0.6) is 5.75 Å². The highest BCUT2D eigenvalue weighted by Crippen LogP contribution is 2.30. The Morgan fingerprint density at radius 2 is 2.08 bits per heavy atom. The highest BCUT2D eigenvalue weighted by Gasteiger charge is 2.22. The Labute approximate surface area is 150 Å². The van der Waals surface area contributed by atoms with Crippen molar-refractivity contribution < 1.29 is 13.9 Å². The van der Waals surface area contributed by atoms with Gasteiger partial charge in [0, 0.05) is 5.39 Å². The van der Waals surface area contributed by atoms with Gasteiger partial charge in [-0.2, -0.15) is 0 Å². The van der Waals surface area contributed by atoms with Crippen molar-refractivity contribution in [2.75, 3.05) is 18.1 Å². The number of carbonyl (C=O) groups is 1. The highest BCUT2D eigenvalue weighted by molar-refractivity contribution is 5.98. The number of nitrogens with zero attached hydrogens (tertiary/aromatic N) is 1. The Hall–Kier alpha value is -3.22.